The van der Waals surface area contributed by atoms with E-state index < -0.39 is 8.32 Å². The summed E-state index contributed by atoms with van der Waals surface area (Å²) >= 11 is 0. The molecular weight excluding hydrogens is 340 g/mol. The number of allylic oxidation sites excluding steroid dienone is 1. The second-order valence-corrected chi connectivity index (χ2v) is 12.7. The highest BCUT2D eigenvalue weighted by molar-refractivity contribution is 6.69. The lowest BCUT2D eigenvalue weighted by Gasteiger charge is -2.24. The SMILES string of the molecule is CCCCCCCC(/C=C/CCCCCCCC(=O)OC)O[Si](C)(C)C. The van der Waals surface area contributed by atoms with Gasteiger partial charge in [-0.05, 0) is 45.3 Å². The Morgan fingerprint density at radius 1 is 0.923 bits per heavy atom. The summed E-state index contributed by atoms with van der Waals surface area (Å²) < 4.78 is 11.0. The summed E-state index contributed by atoms with van der Waals surface area (Å²) in [5.74, 6) is -0.0870. The number of hydrogen-bond donors (Lipinski definition) is 0. The highest BCUT2D eigenvalue weighted by atomic mass is 28.4. The van der Waals surface area contributed by atoms with Gasteiger partial charge in [-0.3, -0.25) is 4.79 Å². The van der Waals surface area contributed by atoms with Gasteiger partial charge >= 0.3 is 5.97 Å². The van der Waals surface area contributed by atoms with Gasteiger partial charge in [-0.1, -0.05) is 70.4 Å². The molecular formula is C22H44O3Si. The van der Waals surface area contributed by atoms with E-state index in [0.29, 0.717) is 12.5 Å². The van der Waals surface area contributed by atoms with E-state index in [4.69, 9.17) is 4.43 Å². The maximum absolute atomic E-state index is 11.0. The predicted octanol–water partition coefficient (Wildman–Crippen LogP) is 7.03. The molecule has 0 saturated heterocycles. The molecule has 0 N–H and O–H groups in total. The fraction of sp³-hybridized carbons (Fsp3) is 0.864. The molecule has 0 aromatic heterocycles. The third kappa shape index (κ3) is 18.2. The van der Waals surface area contributed by atoms with Crippen LogP contribution in [0.25, 0.3) is 0 Å². The molecule has 4 heteroatoms. The van der Waals surface area contributed by atoms with Crippen LogP contribution in [-0.2, 0) is 14.0 Å². The molecule has 154 valence electrons. The van der Waals surface area contributed by atoms with E-state index in [2.05, 4.69) is 43.5 Å². The minimum absolute atomic E-state index is 0.0870. The number of carbonyl (C=O) groups is 1. The van der Waals surface area contributed by atoms with E-state index in [1.54, 1.807) is 0 Å². The number of methoxy groups -OCH3 is 1. The Morgan fingerprint density at radius 2 is 1.54 bits per heavy atom. The number of ether oxygens (including phenoxy) is 1. The van der Waals surface area contributed by atoms with Crippen molar-refractivity contribution in [3.05, 3.63) is 12.2 Å². The molecule has 1 unspecified atom stereocenters. The first-order chi connectivity index (χ1) is 12.4. The Labute approximate surface area is 164 Å². The van der Waals surface area contributed by atoms with Gasteiger partial charge < -0.3 is 9.16 Å². The fourth-order valence-electron chi connectivity index (χ4n) is 3.01. The second-order valence-electron chi connectivity index (χ2n) is 8.28. The smallest absolute Gasteiger partial charge is 0.305 e. The van der Waals surface area contributed by atoms with Crippen molar-refractivity contribution in [1.82, 2.24) is 0 Å². The van der Waals surface area contributed by atoms with E-state index in [-0.39, 0.29) is 5.97 Å². The van der Waals surface area contributed by atoms with Gasteiger partial charge in [-0.15, -0.1) is 0 Å². The molecule has 0 aliphatic rings. The van der Waals surface area contributed by atoms with Crippen molar-refractivity contribution in [2.24, 2.45) is 0 Å². The third-order valence-corrected chi connectivity index (χ3v) is 5.44. The van der Waals surface area contributed by atoms with Crippen LogP contribution in [0.1, 0.15) is 90.4 Å². The van der Waals surface area contributed by atoms with Crippen molar-refractivity contribution in [2.75, 3.05) is 7.11 Å². The Bertz CT molecular complexity index is 361. The van der Waals surface area contributed by atoms with Gasteiger partial charge in [-0.2, -0.15) is 0 Å². The highest BCUT2D eigenvalue weighted by Crippen LogP contribution is 2.16. The van der Waals surface area contributed by atoms with Crippen LogP contribution in [0, 0.1) is 0 Å². The number of rotatable bonds is 17. The molecule has 0 bridgehead atoms. The van der Waals surface area contributed by atoms with Gasteiger partial charge in [0, 0.05) is 6.42 Å². The first-order valence-corrected chi connectivity index (χ1v) is 14.2. The van der Waals surface area contributed by atoms with Crippen LogP contribution in [0.15, 0.2) is 12.2 Å². The molecule has 3 nitrogen and oxygen atoms in total. The molecule has 1 atom stereocenters. The average Bonchev–Trinajstić information content (AvgIpc) is 2.58. The standard InChI is InChI=1S/C22H44O3Si/c1-6-7-8-12-15-18-21(25-26(3,4)5)19-16-13-10-9-11-14-17-20-22(23)24-2/h16,19,21H,6-15,17-18,20H2,1-5H3/b19-16+. The van der Waals surface area contributed by atoms with Crippen LogP contribution in [0.4, 0.5) is 0 Å². The van der Waals surface area contributed by atoms with Gasteiger partial charge in [0.25, 0.3) is 0 Å². The number of esters is 1. The third-order valence-electron chi connectivity index (χ3n) is 4.43. The Balaban J connectivity index is 3.88. The molecule has 0 heterocycles. The minimum atomic E-state index is -1.49. The largest absolute Gasteiger partial charge is 0.469 e. The number of carbonyl (C=O) groups excluding carboxylic acids is 1. The van der Waals surface area contributed by atoms with Crippen molar-refractivity contribution < 1.29 is 14.0 Å². The summed E-state index contributed by atoms with van der Waals surface area (Å²) in [6.45, 7) is 9.09. The van der Waals surface area contributed by atoms with E-state index in [1.165, 1.54) is 58.5 Å². The summed E-state index contributed by atoms with van der Waals surface area (Å²) in [4.78, 5) is 11.0. The van der Waals surface area contributed by atoms with Crippen LogP contribution in [0.3, 0.4) is 0 Å². The van der Waals surface area contributed by atoms with Gasteiger partial charge in [0.15, 0.2) is 8.32 Å². The topological polar surface area (TPSA) is 35.5 Å². The van der Waals surface area contributed by atoms with Crippen molar-refractivity contribution in [3.8, 4) is 0 Å². The Kier molecular flexibility index (Phi) is 16.2. The lowest BCUT2D eigenvalue weighted by atomic mass is 10.1. The highest BCUT2D eigenvalue weighted by Gasteiger charge is 2.19. The first-order valence-electron chi connectivity index (χ1n) is 10.8. The molecule has 0 amide bonds. The number of unbranched alkanes of at least 4 members (excludes halogenated alkanes) is 9. The van der Waals surface area contributed by atoms with Gasteiger partial charge in [0.05, 0.1) is 13.2 Å². The molecule has 0 aliphatic heterocycles. The Hall–Kier alpha value is -0.613. The summed E-state index contributed by atoms with van der Waals surface area (Å²) in [6.07, 6.45) is 20.2. The van der Waals surface area contributed by atoms with Crippen molar-refractivity contribution in [1.29, 1.82) is 0 Å². The average molecular weight is 385 g/mol. The van der Waals surface area contributed by atoms with Crippen molar-refractivity contribution in [3.63, 3.8) is 0 Å². The predicted molar refractivity (Wildman–Crippen MR) is 115 cm³/mol. The maximum Gasteiger partial charge on any atom is 0.305 e. The zero-order valence-electron chi connectivity index (χ0n) is 18.1. The molecule has 0 fully saturated rings. The molecule has 0 spiro atoms. The second kappa shape index (κ2) is 16.6. The van der Waals surface area contributed by atoms with Crippen molar-refractivity contribution >= 4 is 14.3 Å². The molecule has 0 radical (unpaired) electrons. The maximum atomic E-state index is 11.0. The van der Waals surface area contributed by atoms with Crippen LogP contribution in [0.5, 0.6) is 0 Å². The molecule has 0 aromatic rings. The fourth-order valence-corrected chi connectivity index (χ4v) is 4.11. The first kappa shape index (κ1) is 25.4. The lowest BCUT2D eigenvalue weighted by molar-refractivity contribution is -0.140. The molecule has 0 saturated carbocycles. The molecule has 0 aliphatic carbocycles. The van der Waals surface area contributed by atoms with E-state index >= 15 is 0 Å². The zero-order valence-corrected chi connectivity index (χ0v) is 19.1. The Morgan fingerprint density at radius 3 is 2.19 bits per heavy atom. The zero-order chi connectivity index (χ0) is 19.7. The lowest BCUT2D eigenvalue weighted by Crippen LogP contribution is -2.31. The van der Waals surface area contributed by atoms with E-state index in [1.807, 2.05) is 0 Å². The summed E-state index contributed by atoms with van der Waals surface area (Å²) in [5.41, 5.74) is 0. The number of hydrogen-bond acceptors (Lipinski definition) is 3. The van der Waals surface area contributed by atoms with Crippen LogP contribution in [0.2, 0.25) is 19.6 Å². The molecule has 26 heavy (non-hydrogen) atoms. The monoisotopic (exact) mass is 384 g/mol. The summed E-state index contributed by atoms with van der Waals surface area (Å²) in [5, 5.41) is 0. The van der Waals surface area contributed by atoms with Gasteiger partial charge in [-0.25, -0.2) is 0 Å². The minimum Gasteiger partial charge on any atom is -0.469 e. The van der Waals surface area contributed by atoms with Crippen LogP contribution in [-0.4, -0.2) is 27.5 Å². The van der Waals surface area contributed by atoms with E-state index in [9.17, 15) is 4.79 Å². The van der Waals surface area contributed by atoms with Crippen molar-refractivity contribution in [2.45, 2.75) is 116 Å². The van der Waals surface area contributed by atoms with E-state index in [0.717, 1.165) is 25.7 Å². The molecule has 0 rings (SSSR count). The normalized spacial score (nSPS) is 13.3. The summed E-state index contributed by atoms with van der Waals surface area (Å²) in [7, 11) is -0.0302. The molecule has 0 aromatic carbocycles. The van der Waals surface area contributed by atoms with Gasteiger partial charge in [0.1, 0.15) is 0 Å². The van der Waals surface area contributed by atoms with Crippen LogP contribution < -0.4 is 0 Å². The van der Waals surface area contributed by atoms with Gasteiger partial charge in [0.2, 0.25) is 0 Å². The quantitative estimate of drug-likeness (QED) is 0.117. The summed E-state index contributed by atoms with van der Waals surface area (Å²) in [6, 6.07) is 0. The van der Waals surface area contributed by atoms with Crippen LogP contribution >= 0.6 is 0 Å².